The van der Waals surface area contributed by atoms with Crippen LogP contribution in [0.4, 0.5) is 14.6 Å². The maximum Gasteiger partial charge on any atom is 0.387 e. The van der Waals surface area contributed by atoms with Crippen LogP contribution in [0, 0.1) is 6.92 Å². The number of halogens is 4. The molecule has 0 bridgehead atoms. The molecular weight excluding hydrogens is 451 g/mol. The van der Waals surface area contributed by atoms with Crippen molar-refractivity contribution in [2.24, 2.45) is 0 Å². The molecule has 10 heteroatoms. The Morgan fingerprint density at radius 3 is 2.52 bits per heavy atom. The molecule has 0 radical (unpaired) electrons. The Kier molecular flexibility index (Phi) is 7.35. The molecule has 0 spiro atoms. The molecule has 0 aliphatic heterocycles. The topological polar surface area (TPSA) is 65.4 Å². The highest BCUT2D eigenvalue weighted by Crippen LogP contribution is 2.30. The maximum absolute atomic E-state index is 12.6. The van der Waals surface area contributed by atoms with E-state index >= 15 is 0 Å². The minimum Gasteiger partial charge on any atom is -0.490 e. The van der Waals surface area contributed by atoms with Crippen molar-refractivity contribution in [1.82, 2.24) is 9.78 Å². The average Bonchev–Trinajstić information content (AvgIpc) is 3.04. The highest BCUT2D eigenvalue weighted by atomic mass is 35.5. The van der Waals surface area contributed by atoms with Gasteiger partial charge in [-0.3, -0.25) is 9.48 Å². The Labute approximate surface area is 187 Å². The number of nitrogens with zero attached hydrogens (tertiary/aromatic N) is 2. The van der Waals surface area contributed by atoms with E-state index in [0.29, 0.717) is 28.0 Å². The molecule has 0 fully saturated rings. The van der Waals surface area contributed by atoms with Gasteiger partial charge in [0, 0.05) is 32.9 Å². The van der Waals surface area contributed by atoms with Gasteiger partial charge in [0.05, 0.1) is 13.2 Å². The fourth-order valence-electron chi connectivity index (χ4n) is 2.86. The van der Waals surface area contributed by atoms with Gasteiger partial charge >= 0.3 is 6.61 Å². The minimum atomic E-state index is -3.00. The summed E-state index contributed by atoms with van der Waals surface area (Å²) in [7, 11) is 0. The second-order valence-corrected chi connectivity index (χ2v) is 7.27. The molecule has 0 saturated carbocycles. The largest absolute Gasteiger partial charge is 0.490 e. The van der Waals surface area contributed by atoms with Gasteiger partial charge in [0.1, 0.15) is 0 Å². The van der Waals surface area contributed by atoms with Crippen LogP contribution in [0.3, 0.4) is 0 Å². The Balaban J connectivity index is 1.78. The van der Waals surface area contributed by atoms with Crippen LogP contribution in [-0.4, -0.2) is 28.9 Å². The molecule has 1 heterocycles. The van der Waals surface area contributed by atoms with Gasteiger partial charge in [-0.2, -0.15) is 13.9 Å². The van der Waals surface area contributed by atoms with Crippen molar-refractivity contribution in [2.75, 3.05) is 11.9 Å². The summed E-state index contributed by atoms with van der Waals surface area (Å²) in [6.45, 7) is 1.07. The quantitative estimate of drug-likeness (QED) is 0.452. The Hall–Kier alpha value is -2.84. The van der Waals surface area contributed by atoms with Crippen molar-refractivity contribution < 1.29 is 23.0 Å². The lowest BCUT2D eigenvalue weighted by atomic mass is 10.2. The predicted octanol–water partition coefficient (Wildman–Crippen LogP) is 5.80. The first-order chi connectivity index (χ1) is 14.8. The maximum atomic E-state index is 12.6. The lowest BCUT2D eigenvalue weighted by Crippen LogP contribution is -2.14. The summed E-state index contributed by atoms with van der Waals surface area (Å²) in [6.07, 6.45) is 0. The minimum absolute atomic E-state index is 0.0468. The summed E-state index contributed by atoms with van der Waals surface area (Å²) in [5.41, 5.74) is 1.69. The lowest BCUT2D eigenvalue weighted by molar-refractivity contribution is -0.0514. The van der Waals surface area contributed by atoms with E-state index in [1.807, 2.05) is 6.92 Å². The molecule has 1 N–H and O–H groups in total. The number of carbonyl (C=O) groups is 1. The zero-order chi connectivity index (χ0) is 22.5. The number of alkyl halides is 2. The average molecular weight is 470 g/mol. The number of aromatic nitrogens is 2. The summed E-state index contributed by atoms with van der Waals surface area (Å²) in [5, 5.41) is 8.10. The van der Waals surface area contributed by atoms with Crippen molar-refractivity contribution >= 4 is 34.9 Å². The number of rotatable bonds is 8. The van der Waals surface area contributed by atoms with Gasteiger partial charge in [0.25, 0.3) is 5.91 Å². The van der Waals surface area contributed by atoms with Crippen LogP contribution in [0.2, 0.25) is 10.0 Å². The molecule has 1 aromatic heterocycles. The van der Waals surface area contributed by atoms with E-state index in [1.165, 1.54) is 18.2 Å². The second-order valence-electron chi connectivity index (χ2n) is 6.46. The molecule has 0 unspecified atom stereocenters. The van der Waals surface area contributed by atoms with Crippen molar-refractivity contribution in [2.45, 2.75) is 27.0 Å². The number of anilines is 1. The van der Waals surface area contributed by atoms with Gasteiger partial charge in [0.2, 0.25) is 0 Å². The van der Waals surface area contributed by atoms with Crippen LogP contribution in [0.25, 0.3) is 0 Å². The highest BCUT2D eigenvalue weighted by Gasteiger charge is 2.16. The van der Waals surface area contributed by atoms with Crippen LogP contribution in [0.5, 0.6) is 11.5 Å². The first kappa shape index (κ1) is 22.8. The van der Waals surface area contributed by atoms with Crippen LogP contribution in [0.1, 0.15) is 28.5 Å². The van der Waals surface area contributed by atoms with Gasteiger partial charge in [0.15, 0.2) is 17.3 Å². The molecule has 0 aliphatic rings. The molecule has 3 aromatic rings. The van der Waals surface area contributed by atoms with E-state index in [1.54, 1.807) is 35.9 Å². The summed E-state index contributed by atoms with van der Waals surface area (Å²) in [5.74, 6) is -0.266. The summed E-state index contributed by atoms with van der Waals surface area (Å²) in [4.78, 5) is 12.6. The first-order valence-corrected chi connectivity index (χ1v) is 10.0. The number of hydrogen-bond acceptors (Lipinski definition) is 4. The Morgan fingerprint density at radius 2 is 1.87 bits per heavy atom. The number of amides is 1. The second kappa shape index (κ2) is 9.98. The standard InChI is InChI=1S/C21H19Cl2F2N3O3/c1-3-30-18-10-13(7-8-17(18)31-21(24)25)20(29)26-19-9-12(2)28(27-19)11-14-15(22)5-4-6-16(14)23/h4-10,21H,3,11H2,1-2H3,(H,26,27,29). The third-order valence-electron chi connectivity index (χ3n) is 4.31. The van der Waals surface area contributed by atoms with Crippen molar-refractivity contribution in [3.8, 4) is 11.5 Å². The van der Waals surface area contributed by atoms with Gasteiger partial charge in [-0.1, -0.05) is 29.3 Å². The third kappa shape index (κ3) is 5.65. The van der Waals surface area contributed by atoms with E-state index in [4.69, 9.17) is 27.9 Å². The molecule has 3 rings (SSSR count). The van der Waals surface area contributed by atoms with E-state index in [0.717, 1.165) is 5.69 Å². The molecule has 0 aliphatic carbocycles. The van der Waals surface area contributed by atoms with Crippen molar-refractivity contribution in [3.63, 3.8) is 0 Å². The number of benzene rings is 2. The highest BCUT2D eigenvalue weighted by molar-refractivity contribution is 6.35. The molecule has 1 amide bonds. The normalized spacial score (nSPS) is 10.9. The van der Waals surface area contributed by atoms with Gasteiger partial charge in [-0.15, -0.1) is 0 Å². The van der Waals surface area contributed by atoms with Crippen molar-refractivity contribution in [3.05, 3.63) is 69.3 Å². The van der Waals surface area contributed by atoms with Crippen LogP contribution >= 0.6 is 23.2 Å². The summed E-state index contributed by atoms with van der Waals surface area (Å²) >= 11 is 12.4. The molecule has 2 aromatic carbocycles. The predicted molar refractivity (Wildman–Crippen MR) is 115 cm³/mol. The first-order valence-electron chi connectivity index (χ1n) is 9.28. The van der Waals surface area contributed by atoms with Gasteiger partial charge < -0.3 is 14.8 Å². The zero-order valence-electron chi connectivity index (χ0n) is 16.7. The zero-order valence-corrected chi connectivity index (χ0v) is 18.2. The van der Waals surface area contributed by atoms with E-state index in [9.17, 15) is 13.6 Å². The van der Waals surface area contributed by atoms with Crippen LogP contribution in [-0.2, 0) is 6.54 Å². The number of carbonyl (C=O) groups excluding carboxylic acids is 1. The molecule has 31 heavy (non-hydrogen) atoms. The smallest absolute Gasteiger partial charge is 0.387 e. The SMILES string of the molecule is CCOc1cc(C(=O)Nc2cc(C)n(Cc3c(Cl)cccc3Cl)n2)ccc1OC(F)F. The van der Waals surface area contributed by atoms with E-state index < -0.39 is 12.5 Å². The number of aryl methyl sites for hydroxylation is 1. The summed E-state index contributed by atoms with van der Waals surface area (Å²) < 4.78 is 36.5. The van der Waals surface area contributed by atoms with Crippen LogP contribution in [0.15, 0.2) is 42.5 Å². The molecule has 0 atom stereocenters. The van der Waals surface area contributed by atoms with Gasteiger partial charge in [-0.25, -0.2) is 0 Å². The number of hydrogen-bond donors (Lipinski definition) is 1. The fourth-order valence-corrected chi connectivity index (χ4v) is 3.38. The lowest BCUT2D eigenvalue weighted by Gasteiger charge is -2.12. The number of ether oxygens (including phenoxy) is 2. The monoisotopic (exact) mass is 469 g/mol. The fraction of sp³-hybridized carbons (Fsp3) is 0.238. The van der Waals surface area contributed by atoms with E-state index in [-0.39, 0.29) is 23.7 Å². The Morgan fingerprint density at radius 1 is 1.16 bits per heavy atom. The number of nitrogens with one attached hydrogen (secondary N) is 1. The van der Waals surface area contributed by atoms with Crippen LogP contribution < -0.4 is 14.8 Å². The third-order valence-corrected chi connectivity index (χ3v) is 5.02. The van der Waals surface area contributed by atoms with E-state index in [2.05, 4.69) is 15.2 Å². The molecule has 164 valence electrons. The van der Waals surface area contributed by atoms with Gasteiger partial charge in [-0.05, 0) is 44.2 Å². The van der Waals surface area contributed by atoms with Crippen molar-refractivity contribution in [1.29, 1.82) is 0 Å². The molecule has 6 nitrogen and oxygen atoms in total. The summed E-state index contributed by atoms with van der Waals surface area (Å²) in [6, 6.07) is 10.9. The molecule has 0 saturated heterocycles. The molecular formula is C21H19Cl2F2N3O3. The Bertz CT molecular complexity index is 1070.